The van der Waals surface area contributed by atoms with Crippen molar-refractivity contribution >= 4 is 5.78 Å². The molecule has 0 aromatic carbocycles. The molecule has 0 N–H and O–H groups in total. The topological polar surface area (TPSA) is 35.5 Å². The largest absolute Gasteiger partial charge is 0.346 e. The first-order chi connectivity index (χ1) is 6.92. The van der Waals surface area contributed by atoms with Gasteiger partial charge in [0.25, 0.3) is 0 Å². The quantitative estimate of drug-likeness (QED) is 0.656. The van der Waals surface area contributed by atoms with Crippen molar-refractivity contribution < 1.29 is 14.3 Å². The van der Waals surface area contributed by atoms with Crippen molar-refractivity contribution in [1.82, 2.24) is 0 Å². The summed E-state index contributed by atoms with van der Waals surface area (Å²) < 4.78 is 10.9. The van der Waals surface area contributed by atoms with E-state index in [9.17, 15) is 4.79 Å². The summed E-state index contributed by atoms with van der Waals surface area (Å²) in [5, 5.41) is 0. The Kier molecular flexibility index (Phi) is 3.16. The molecule has 84 valence electrons. The van der Waals surface area contributed by atoms with Gasteiger partial charge in [-0.25, -0.2) is 0 Å². The zero-order valence-electron chi connectivity index (χ0n) is 10.2. The third-order valence-electron chi connectivity index (χ3n) is 3.37. The van der Waals surface area contributed by atoms with Crippen molar-refractivity contribution in [3.05, 3.63) is 22.3 Å². The zero-order valence-corrected chi connectivity index (χ0v) is 10.2. The highest BCUT2D eigenvalue weighted by Gasteiger charge is 2.41. The predicted molar refractivity (Wildman–Crippen MR) is 58.5 cm³/mol. The number of methoxy groups -OCH3 is 2. The molecule has 0 spiro atoms. The van der Waals surface area contributed by atoms with Gasteiger partial charge in [0.1, 0.15) is 0 Å². The van der Waals surface area contributed by atoms with Crippen LogP contribution in [-0.4, -0.2) is 25.8 Å². The molecule has 15 heavy (non-hydrogen) atoms. The van der Waals surface area contributed by atoms with E-state index in [-0.39, 0.29) is 5.78 Å². The summed E-state index contributed by atoms with van der Waals surface area (Å²) in [4.78, 5) is 11.8. The molecule has 3 heteroatoms. The summed E-state index contributed by atoms with van der Waals surface area (Å²) in [5.41, 5.74) is 3.09. The number of hydrogen-bond acceptors (Lipinski definition) is 3. The third-order valence-corrected chi connectivity index (χ3v) is 3.37. The standard InChI is InChI=1S/C12H18O3/c1-7-9(3)12(14-5,15-6)10(4)8(2)11(7)13/h1-6H3. The van der Waals surface area contributed by atoms with Crippen LogP contribution in [0.1, 0.15) is 27.7 Å². The van der Waals surface area contributed by atoms with Crippen molar-refractivity contribution in [3.8, 4) is 0 Å². The van der Waals surface area contributed by atoms with Gasteiger partial charge in [-0.1, -0.05) is 0 Å². The molecule has 0 aliphatic heterocycles. The van der Waals surface area contributed by atoms with Crippen molar-refractivity contribution in [2.75, 3.05) is 14.2 Å². The molecule has 0 unspecified atom stereocenters. The summed E-state index contributed by atoms with van der Waals surface area (Å²) in [6.07, 6.45) is 0. The number of hydrogen-bond donors (Lipinski definition) is 0. The Morgan fingerprint density at radius 3 is 1.47 bits per heavy atom. The van der Waals surface area contributed by atoms with E-state index < -0.39 is 5.79 Å². The lowest BCUT2D eigenvalue weighted by Crippen LogP contribution is -2.41. The number of carbonyl (C=O) groups is 1. The molecule has 1 aliphatic rings. The van der Waals surface area contributed by atoms with Crippen LogP contribution in [-0.2, 0) is 14.3 Å². The van der Waals surface area contributed by atoms with Crippen molar-refractivity contribution in [1.29, 1.82) is 0 Å². The molecule has 0 aromatic rings. The first-order valence-electron chi connectivity index (χ1n) is 4.93. The van der Waals surface area contributed by atoms with Gasteiger partial charge < -0.3 is 9.47 Å². The van der Waals surface area contributed by atoms with E-state index in [0.717, 1.165) is 11.1 Å². The second kappa shape index (κ2) is 3.91. The number of allylic oxidation sites excluding steroid dienone is 2. The molecule has 0 saturated carbocycles. The van der Waals surface area contributed by atoms with E-state index in [4.69, 9.17) is 9.47 Å². The van der Waals surface area contributed by atoms with Gasteiger partial charge >= 0.3 is 0 Å². The number of ketones is 1. The van der Waals surface area contributed by atoms with Gasteiger partial charge in [0.15, 0.2) is 5.78 Å². The summed E-state index contributed by atoms with van der Waals surface area (Å²) in [5.74, 6) is -0.781. The predicted octanol–water partition coefficient (Wildman–Crippen LogP) is 2.23. The SMILES string of the molecule is COC1(OC)C(C)=C(C)C(=O)C(C)=C1C. The number of Topliss-reactive ketones (excluding diaryl/α,β-unsaturated/α-hetero) is 1. The van der Waals surface area contributed by atoms with Gasteiger partial charge in [-0.2, -0.15) is 0 Å². The van der Waals surface area contributed by atoms with E-state index >= 15 is 0 Å². The molecule has 0 aromatic heterocycles. The van der Waals surface area contributed by atoms with E-state index in [1.54, 1.807) is 28.1 Å². The fourth-order valence-corrected chi connectivity index (χ4v) is 2.09. The average molecular weight is 210 g/mol. The van der Waals surface area contributed by atoms with Crippen LogP contribution >= 0.6 is 0 Å². The molecule has 1 rings (SSSR count). The first-order valence-corrected chi connectivity index (χ1v) is 4.93. The van der Waals surface area contributed by atoms with Gasteiger partial charge in [0, 0.05) is 25.4 Å². The molecule has 0 fully saturated rings. The van der Waals surface area contributed by atoms with Crippen LogP contribution in [0.5, 0.6) is 0 Å². The summed E-state index contributed by atoms with van der Waals surface area (Å²) in [7, 11) is 3.18. The molecule has 0 amide bonds. The van der Waals surface area contributed by atoms with Gasteiger partial charge in [0.2, 0.25) is 5.79 Å². The molecule has 0 bridgehead atoms. The second-order valence-corrected chi connectivity index (χ2v) is 3.85. The van der Waals surface area contributed by atoms with Crippen LogP contribution in [0, 0.1) is 0 Å². The minimum atomic E-state index is -0.859. The minimum Gasteiger partial charge on any atom is -0.346 e. The first kappa shape index (κ1) is 12.1. The van der Waals surface area contributed by atoms with Crippen molar-refractivity contribution in [2.24, 2.45) is 0 Å². The average Bonchev–Trinajstić information content (AvgIpc) is 2.26. The lowest BCUT2D eigenvalue weighted by Gasteiger charge is -2.37. The molecule has 3 nitrogen and oxygen atoms in total. The van der Waals surface area contributed by atoms with Crippen LogP contribution in [0.3, 0.4) is 0 Å². The maximum Gasteiger partial charge on any atom is 0.214 e. The van der Waals surface area contributed by atoms with E-state index in [1.807, 2.05) is 13.8 Å². The van der Waals surface area contributed by atoms with Crippen molar-refractivity contribution in [3.63, 3.8) is 0 Å². The monoisotopic (exact) mass is 210 g/mol. The molecule has 0 heterocycles. The van der Waals surface area contributed by atoms with E-state index in [1.165, 1.54) is 0 Å². The molecular formula is C12H18O3. The van der Waals surface area contributed by atoms with Crippen LogP contribution in [0.4, 0.5) is 0 Å². The zero-order chi connectivity index (χ0) is 11.8. The molecule has 0 atom stereocenters. The lowest BCUT2D eigenvalue weighted by molar-refractivity contribution is -0.153. The molecule has 0 radical (unpaired) electrons. The fourth-order valence-electron chi connectivity index (χ4n) is 2.09. The molecular weight excluding hydrogens is 192 g/mol. The van der Waals surface area contributed by atoms with Gasteiger partial charge in [-0.15, -0.1) is 0 Å². The Bertz CT molecular complexity index is 327. The van der Waals surface area contributed by atoms with Crippen LogP contribution in [0.25, 0.3) is 0 Å². The summed E-state index contributed by atoms with van der Waals surface area (Å²) in [6.45, 7) is 7.35. The van der Waals surface area contributed by atoms with Gasteiger partial charge in [0.05, 0.1) is 0 Å². The van der Waals surface area contributed by atoms with Crippen LogP contribution < -0.4 is 0 Å². The maximum atomic E-state index is 11.8. The highest BCUT2D eigenvalue weighted by Crippen LogP contribution is 2.38. The molecule has 0 saturated heterocycles. The lowest BCUT2D eigenvalue weighted by atomic mass is 9.83. The highest BCUT2D eigenvalue weighted by molar-refractivity contribution is 6.10. The van der Waals surface area contributed by atoms with E-state index in [2.05, 4.69) is 0 Å². The number of rotatable bonds is 2. The minimum absolute atomic E-state index is 0.0784. The smallest absolute Gasteiger partial charge is 0.214 e. The highest BCUT2D eigenvalue weighted by atomic mass is 16.7. The Morgan fingerprint density at radius 2 is 1.20 bits per heavy atom. The van der Waals surface area contributed by atoms with Crippen LogP contribution in [0.2, 0.25) is 0 Å². The normalized spacial score (nSPS) is 21.3. The number of ether oxygens (including phenoxy) is 2. The molecule has 1 aliphatic carbocycles. The summed E-state index contributed by atoms with van der Waals surface area (Å²) >= 11 is 0. The van der Waals surface area contributed by atoms with Crippen molar-refractivity contribution in [2.45, 2.75) is 33.5 Å². The Morgan fingerprint density at radius 1 is 0.867 bits per heavy atom. The van der Waals surface area contributed by atoms with E-state index in [0.29, 0.717) is 11.1 Å². The Hall–Kier alpha value is -0.930. The van der Waals surface area contributed by atoms with Crippen LogP contribution in [0.15, 0.2) is 22.3 Å². The Balaban J connectivity index is 3.45. The maximum absolute atomic E-state index is 11.8. The second-order valence-electron chi connectivity index (χ2n) is 3.85. The van der Waals surface area contributed by atoms with Gasteiger partial charge in [-0.3, -0.25) is 4.79 Å². The fraction of sp³-hybridized carbons (Fsp3) is 0.583. The van der Waals surface area contributed by atoms with Gasteiger partial charge in [-0.05, 0) is 38.8 Å². The Labute approximate surface area is 90.8 Å². The number of carbonyl (C=O) groups excluding carboxylic acids is 1. The summed E-state index contributed by atoms with van der Waals surface area (Å²) in [6, 6.07) is 0. The third kappa shape index (κ3) is 1.46.